The van der Waals surface area contributed by atoms with Crippen LogP contribution >= 0.6 is 11.6 Å². The summed E-state index contributed by atoms with van der Waals surface area (Å²) in [6.07, 6.45) is 1.10. The zero-order valence-electron chi connectivity index (χ0n) is 11.1. The molecule has 0 aliphatic heterocycles. The van der Waals surface area contributed by atoms with Gasteiger partial charge in [-0.3, -0.25) is 0 Å². The predicted octanol–water partition coefficient (Wildman–Crippen LogP) is 3.45. The van der Waals surface area contributed by atoms with Crippen LogP contribution in [0, 0.1) is 5.82 Å². The summed E-state index contributed by atoms with van der Waals surface area (Å²) in [5.74, 6) is 0.375. The van der Waals surface area contributed by atoms with Gasteiger partial charge in [0.05, 0.1) is 19.0 Å². The molecule has 1 aromatic heterocycles. The van der Waals surface area contributed by atoms with Crippen LogP contribution in [0.4, 0.5) is 21.8 Å². The molecular weight excluding hydrogens is 283 g/mol. The van der Waals surface area contributed by atoms with Gasteiger partial charge < -0.3 is 15.4 Å². The Labute approximate surface area is 121 Å². The van der Waals surface area contributed by atoms with Crippen molar-refractivity contribution < 1.29 is 9.13 Å². The fourth-order valence-electron chi connectivity index (χ4n) is 1.60. The van der Waals surface area contributed by atoms with Crippen molar-refractivity contribution in [2.45, 2.75) is 6.92 Å². The first-order valence-corrected chi connectivity index (χ1v) is 6.38. The average molecular weight is 297 g/mol. The number of ether oxygens (including phenoxy) is 1. The number of methoxy groups -OCH3 is 1. The molecule has 2 aromatic rings. The molecule has 7 heteroatoms. The summed E-state index contributed by atoms with van der Waals surface area (Å²) < 4.78 is 18.9. The minimum Gasteiger partial charge on any atom is -0.495 e. The quantitative estimate of drug-likeness (QED) is 0.885. The van der Waals surface area contributed by atoms with E-state index in [0.717, 1.165) is 6.20 Å². The van der Waals surface area contributed by atoms with Gasteiger partial charge in [-0.1, -0.05) is 11.6 Å². The summed E-state index contributed by atoms with van der Waals surface area (Å²) in [4.78, 5) is 7.89. The van der Waals surface area contributed by atoms with Crippen LogP contribution < -0.4 is 15.4 Å². The molecule has 0 aliphatic rings. The zero-order chi connectivity index (χ0) is 14.5. The molecule has 5 nitrogen and oxygen atoms in total. The van der Waals surface area contributed by atoms with Crippen molar-refractivity contribution in [2.75, 3.05) is 24.3 Å². The lowest BCUT2D eigenvalue weighted by molar-refractivity contribution is 0.417. The number of nitrogens with zero attached hydrogens (tertiary/aromatic N) is 2. The molecule has 20 heavy (non-hydrogen) atoms. The fourth-order valence-corrected chi connectivity index (χ4v) is 1.78. The van der Waals surface area contributed by atoms with Gasteiger partial charge in [0.1, 0.15) is 5.75 Å². The summed E-state index contributed by atoms with van der Waals surface area (Å²) >= 11 is 5.93. The minimum absolute atomic E-state index is 0.0523. The summed E-state index contributed by atoms with van der Waals surface area (Å²) in [6.45, 7) is 2.55. The summed E-state index contributed by atoms with van der Waals surface area (Å²) in [5.41, 5.74) is 0.528. The summed E-state index contributed by atoms with van der Waals surface area (Å²) in [6, 6.07) is 5.01. The van der Waals surface area contributed by atoms with Crippen LogP contribution in [0.15, 0.2) is 24.4 Å². The molecule has 2 rings (SSSR count). The van der Waals surface area contributed by atoms with E-state index in [4.69, 9.17) is 16.3 Å². The van der Waals surface area contributed by atoms with Gasteiger partial charge >= 0.3 is 0 Å². The molecule has 0 radical (unpaired) electrons. The fraction of sp³-hybridized carbons (Fsp3) is 0.231. The third kappa shape index (κ3) is 3.27. The van der Waals surface area contributed by atoms with Crippen molar-refractivity contribution >= 4 is 29.1 Å². The molecule has 0 saturated heterocycles. The first-order valence-electron chi connectivity index (χ1n) is 6.01. The first-order chi connectivity index (χ1) is 9.63. The number of hydrogen-bond donors (Lipinski definition) is 2. The second-order valence-corrected chi connectivity index (χ2v) is 4.33. The van der Waals surface area contributed by atoms with E-state index in [9.17, 15) is 4.39 Å². The van der Waals surface area contributed by atoms with Crippen molar-refractivity contribution in [3.05, 3.63) is 35.2 Å². The maximum atomic E-state index is 13.7. The van der Waals surface area contributed by atoms with E-state index in [1.807, 2.05) is 6.92 Å². The van der Waals surface area contributed by atoms with Crippen LogP contribution in [0.5, 0.6) is 5.75 Å². The number of nitrogens with one attached hydrogen (secondary N) is 2. The highest BCUT2D eigenvalue weighted by Gasteiger charge is 2.10. The lowest BCUT2D eigenvalue weighted by Crippen LogP contribution is -2.06. The first kappa shape index (κ1) is 14.3. The van der Waals surface area contributed by atoms with Crippen LogP contribution in [0.25, 0.3) is 0 Å². The van der Waals surface area contributed by atoms with Gasteiger partial charge in [0, 0.05) is 11.6 Å². The molecule has 1 aromatic carbocycles. The van der Waals surface area contributed by atoms with Crippen molar-refractivity contribution in [1.29, 1.82) is 0 Å². The lowest BCUT2D eigenvalue weighted by atomic mass is 10.3. The molecule has 0 fully saturated rings. The Morgan fingerprint density at radius 1 is 1.40 bits per heavy atom. The van der Waals surface area contributed by atoms with Gasteiger partial charge in [0.15, 0.2) is 11.6 Å². The van der Waals surface area contributed by atoms with Crippen molar-refractivity contribution in [2.24, 2.45) is 0 Å². The van der Waals surface area contributed by atoms with Crippen molar-refractivity contribution in [3.8, 4) is 5.75 Å². The van der Waals surface area contributed by atoms with Gasteiger partial charge in [-0.05, 0) is 25.1 Å². The van der Waals surface area contributed by atoms with Crippen LogP contribution in [-0.4, -0.2) is 23.6 Å². The Morgan fingerprint density at radius 3 is 2.90 bits per heavy atom. The second-order valence-electron chi connectivity index (χ2n) is 3.89. The third-order valence-electron chi connectivity index (χ3n) is 2.49. The van der Waals surface area contributed by atoms with Gasteiger partial charge in [-0.15, -0.1) is 0 Å². The van der Waals surface area contributed by atoms with Crippen LogP contribution in [0.2, 0.25) is 5.02 Å². The molecular formula is C13H14ClFN4O. The van der Waals surface area contributed by atoms with E-state index in [1.165, 1.54) is 7.11 Å². The van der Waals surface area contributed by atoms with Crippen LogP contribution in [0.1, 0.15) is 6.92 Å². The Morgan fingerprint density at radius 2 is 2.20 bits per heavy atom. The lowest BCUT2D eigenvalue weighted by Gasteiger charge is -2.12. The molecule has 0 unspecified atom stereocenters. The monoisotopic (exact) mass is 296 g/mol. The topological polar surface area (TPSA) is 59.1 Å². The molecule has 0 amide bonds. The maximum Gasteiger partial charge on any atom is 0.224 e. The van der Waals surface area contributed by atoms with E-state index < -0.39 is 5.82 Å². The molecule has 0 atom stereocenters. The maximum absolute atomic E-state index is 13.7. The number of anilines is 3. The van der Waals surface area contributed by atoms with Gasteiger partial charge in [-0.25, -0.2) is 9.37 Å². The number of aromatic nitrogens is 2. The van der Waals surface area contributed by atoms with Crippen molar-refractivity contribution in [1.82, 2.24) is 9.97 Å². The highest BCUT2D eigenvalue weighted by molar-refractivity contribution is 6.31. The van der Waals surface area contributed by atoms with Gasteiger partial charge in [-0.2, -0.15) is 4.98 Å². The second kappa shape index (κ2) is 6.38. The molecule has 0 aliphatic carbocycles. The Bertz CT molecular complexity index is 609. The molecule has 0 saturated carbocycles. The normalized spacial score (nSPS) is 10.2. The highest BCUT2D eigenvalue weighted by Crippen LogP contribution is 2.30. The molecule has 1 heterocycles. The summed E-state index contributed by atoms with van der Waals surface area (Å²) in [5, 5.41) is 6.28. The van der Waals surface area contributed by atoms with Crippen LogP contribution in [-0.2, 0) is 0 Å². The number of benzene rings is 1. The van der Waals surface area contributed by atoms with E-state index >= 15 is 0 Å². The van der Waals surface area contributed by atoms with E-state index in [0.29, 0.717) is 29.0 Å². The molecule has 0 spiro atoms. The Hall–Kier alpha value is -2.08. The van der Waals surface area contributed by atoms with E-state index in [2.05, 4.69) is 20.6 Å². The number of halogens is 2. The van der Waals surface area contributed by atoms with E-state index in [-0.39, 0.29) is 5.82 Å². The molecule has 106 valence electrons. The predicted molar refractivity (Wildman–Crippen MR) is 77.4 cm³/mol. The molecule has 0 bridgehead atoms. The average Bonchev–Trinajstić information content (AvgIpc) is 2.43. The minimum atomic E-state index is -0.561. The zero-order valence-corrected chi connectivity index (χ0v) is 11.8. The highest BCUT2D eigenvalue weighted by atomic mass is 35.5. The SMILES string of the molecule is CCNc1ncc(F)c(Nc2cc(Cl)ccc2OC)n1. The smallest absolute Gasteiger partial charge is 0.224 e. The Balaban J connectivity index is 2.33. The number of hydrogen-bond acceptors (Lipinski definition) is 5. The standard InChI is InChI=1S/C13H14ClFN4O/c1-3-16-13-17-7-9(15)12(19-13)18-10-6-8(14)4-5-11(10)20-2/h4-7H,3H2,1-2H3,(H2,16,17,18,19). The summed E-state index contributed by atoms with van der Waals surface area (Å²) in [7, 11) is 1.52. The Kier molecular flexibility index (Phi) is 4.57. The van der Waals surface area contributed by atoms with Crippen LogP contribution in [0.3, 0.4) is 0 Å². The van der Waals surface area contributed by atoms with Gasteiger partial charge in [0.25, 0.3) is 0 Å². The van der Waals surface area contributed by atoms with E-state index in [1.54, 1.807) is 18.2 Å². The largest absolute Gasteiger partial charge is 0.495 e. The van der Waals surface area contributed by atoms with Gasteiger partial charge in [0.2, 0.25) is 5.95 Å². The number of rotatable bonds is 5. The van der Waals surface area contributed by atoms with Crippen molar-refractivity contribution in [3.63, 3.8) is 0 Å². The molecule has 2 N–H and O–H groups in total. The third-order valence-corrected chi connectivity index (χ3v) is 2.73.